The molecule has 2 N–H and O–H groups in total. The summed E-state index contributed by atoms with van der Waals surface area (Å²) in [6.07, 6.45) is 3.36. The van der Waals surface area contributed by atoms with Crippen LogP contribution in [0.5, 0.6) is 5.75 Å². The van der Waals surface area contributed by atoms with Crippen LogP contribution in [0.15, 0.2) is 18.2 Å². The number of methoxy groups -OCH3 is 1. The quantitative estimate of drug-likeness (QED) is 0.742. The van der Waals surface area contributed by atoms with E-state index in [-0.39, 0.29) is 18.6 Å². The van der Waals surface area contributed by atoms with E-state index in [9.17, 15) is 9.90 Å². The highest BCUT2D eigenvalue weighted by atomic mass is 16.5. The van der Waals surface area contributed by atoms with Gasteiger partial charge in [-0.1, -0.05) is 6.42 Å². The molecule has 0 radical (unpaired) electrons. The molecule has 1 aromatic rings. The molecule has 0 saturated carbocycles. The minimum Gasteiger partial charge on any atom is -0.495 e. The Morgan fingerprint density at radius 1 is 1.30 bits per heavy atom. The minimum absolute atomic E-state index is 0.0790. The maximum atomic E-state index is 12.6. The van der Waals surface area contributed by atoms with Crippen molar-refractivity contribution in [2.75, 3.05) is 64.6 Å². The molecule has 1 aromatic carbocycles. The molecular weight excluding hydrogens is 346 g/mol. The number of nitrogens with zero attached hydrogens (tertiary/aromatic N) is 2. The van der Waals surface area contributed by atoms with Crippen LogP contribution in [0, 0.1) is 0 Å². The van der Waals surface area contributed by atoms with E-state index in [2.05, 4.69) is 15.1 Å². The number of aliphatic hydroxyl groups excluding tert-OH is 1. The highest BCUT2D eigenvalue weighted by molar-refractivity contribution is 5.95. The van der Waals surface area contributed by atoms with E-state index in [4.69, 9.17) is 9.47 Å². The van der Waals surface area contributed by atoms with Gasteiger partial charge in [-0.3, -0.25) is 9.69 Å². The standard InChI is InChI=1S/C20H31N3O4/c1-26-19-6-5-16(14-18(19)23-10-12-27-13-11-23)20(25)21-7-9-22-8-3-2-4-17(22)15-24/h5-6,14,17,24H,2-4,7-13,15H2,1H3,(H,21,25). The molecule has 1 unspecified atom stereocenters. The fraction of sp³-hybridized carbons (Fsp3) is 0.650. The number of carbonyl (C=O) groups excluding carboxylic acids is 1. The van der Waals surface area contributed by atoms with Crippen molar-refractivity contribution in [3.8, 4) is 5.75 Å². The number of carbonyl (C=O) groups is 1. The molecule has 150 valence electrons. The third kappa shape index (κ3) is 5.12. The molecule has 7 heteroatoms. The molecular formula is C20H31N3O4. The van der Waals surface area contributed by atoms with Crippen LogP contribution >= 0.6 is 0 Å². The molecule has 2 fully saturated rings. The number of rotatable bonds is 7. The fourth-order valence-electron chi connectivity index (χ4n) is 3.86. The number of amides is 1. The number of piperidine rings is 1. The molecule has 27 heavy (non-hydrogen) atoms. The summed E-state index contributed by atoms with van der Waals surface area (Å²) in [7, 11) is 1.65. The molecule has 0 aromatic heterocycles. The van der Waals surface area contributed by atoms with Crippen LogP contribution in [0.4, 0.5) is 5.69 Å². The summed E-state index contributed by atoms with van der Waals surface area (Å²) in [5.41, 5.74) is 1.57. The Balaban J connectivity index is 1.59. The first-order chi connectivity index (χ1) is 13.2. The van der Waals surface area contributed by atoms with Crippen molar-refractivity contribution in [3.05, 3.63) is 23.8 Å². The lowest BCUT2D eigenvalue weighted by Crippen LogP contribution is -2.45. The van der Waals surface area contributed by atoms with Gasteiger partial charge in [-0.05, 0) is 37.6 Å². The predicted octanol–water partition coefficient (Wildman–Crippen LogP) is 1.11. The average Bonchev–Trinajstić information content (AvgIpc) is 2.74. The lowest BCUT2D eigenvalue weighted by molar-refractivity contribution is 0.0849. The summed E-state index contributed by atoms with van der Waals surface area (Å²) in [6, 6.07) is 5.78. The first-order valence-electron chi connectivity index (χ1n) is 9.86. The SMILES string of the molecule is COc1ccc(C(=O)NCCN2CCCCC2CO)cc1N1CCOCC1. The molecule has 2 aliphatic rings. The number of aliphatic hydroxyl groups is 1. The summed E-state index contributed by atoms with van der Waals surface area (Å²) in [5.74, 6) is 0.692. The number of benzene rings is 1. The molecule has 0 bridgehead atoms. The molecule has 2 saturated heterocycles. The van der Waals surface area contributed by atoms with E-state index in [1.54, 1.807) is 13.2 Å². The molecule has 3 rings (SSSR count). The molecule has 1 amide bonds. The molecule has 2 heterocycles. The van der Waals surface area contributed by atoms with Gasteiger partial charge in [0.2, 0.25) is 0 Å². The van der Waals surface area contributed by atoms with Crippen molar-refractivity contribution in [1.29, 1.82) is 0 Å². The van der Waals surface area contributed by atoms with Gasteiger partial charge in [0.1, 0.15) is 5.75 Å². The van der Waals surface area contributed by atoms with Crippen molar-refractivity contribution in [2.24, 2.45) is 0 Å². The highest BCUT2D eigenvalue weighted by Gasteiger charge is 2.21. The lowest BCUT2D eigenvalue weighted by atomic mass is 10.0. The van der Waals surface area contributed by atoms with Crippen molar-refractivity contribution < 1.29 is 19.4 Å². The number of morpholine rings is 1. The van der Waals surface area contributed by atoms with Gasteiger partial charge in [-0.2, -0.15) is 0 Å². The Labute approximate surface area is 161 Å². The molecule has 0 aliphatic carbocycles. The maximum absolute atomic E-state index is 12.6. The Morgan fingerprint density at radius 2 is 2.11 bits per heavy atom. The van der Waals surface area contributed by atoms with Crippen molar-refractivity contribution >= 4 is 11.6 Å². The molecule has 7 nitrogen and oxygen atoms in total. The van der Waals surface area contributed by atoms with Gasteiger partial charge >= 0.3 is 0 Å². The predicted molar refractivity (Wildman–Crippen MR) is 105 cm³/mol. The van der Waals surface area contributed by atoms with Gasteiger partial charge in [0.25, 0.3) is 5.91 Å². The van der Waals surface area contributed by atoms with E-state index in [1.165, 1.54) is 6.42 Å². The summed E-state index contributed by atoms with van der Waals surface area (Å²) in [4.78, 5) is 17.1. The monoisotopic (exact) mass is 377 g/mol. The third-order valence-electron chi connectivity index (χ3n) is 5.44. The Kier molecular flexibility index (Phi) is 7.32. The van der Waals surface area contributed by atoms with Crippen LogP contribution in [0.25, 0.3) is 0 Å². The maximum Gasteiger partial charge on any atom is 0.251 e. The van der Waals surface area contributed by atoms with Crippen LogP contribution in [0.1, 0.15) is 29.6 Å². The van der Waals surface area contributed by atoms with Gasteiger partial charge in [-0.15, -0.1) is 0 Å². The molecule has 2 aliphatic heterocycles. The highest BCUT2D eigenvalue weighted by Crippen LogP contribution is 2.30. The number of hydrogen-bond acceptors (Lipinski definition) is 6. The second kappa shape index (κ2) is 9.92. The third-order valence-corrected chi connectivity index (χ3v) is 5.44. The van der Waals surface area contributed by atoms with E-state index in [0.29, 0.717) is 25.3 Å². The molecule has 0 spiro atoms. The van der Waals surface area contributed by atoms with E-state index in [1.807, 2.05) is 12.1 Å². The van der Waals surface area contributed by atoms with Gasteiger partial charge in [0, 0.05) is 37.8 Å². The van der Waals surface area contributed by atoms with Crippen molar-refractivity contribution in [1.82, 2.24) is 10.2 Å². The average molecular weight is 377 g/mol. The second-order valence-electron chi connectivity index (χ2n) is 7.11. The zero-order valence-corrected chi connectivity index (χ0v) is 16.2. The number of nitrogens with one attached hydrogen (secondary N) is 1. The Bertz CT molecular complexity index is 619. The van der Waals surface area contributed by atoms with Gasteiger partial charge < -0.3 is 24.8 Å². The van der Waals surface area contributed by atoms with Gasteiger partial charge in [0.05, 0.1) is 32.6 Å². The van der Waals surface area contributed by atoms with Crippen LogP contribution in [-0.2, 0) is 4.74 Å². The zero-order valence-electron chi connectivity index (χ0n) is 16.2. The summed E-state index contributed by atoms with van der Waals surface area (Å²) in [6.45, 7) is 5.47. The Hall–Kier alpha value is -1.83. The topological polar surface area (TPSA) is 74.3 Å². The fourth-order valence-corrected chi connectivity index (χ4v) is 3.86. The molecule has 1 atom stereocenters. The van der Waals surface area contributed by atoms with Gasteiger partial charge in [-0.25, -0.2) is 0 Å². The first kappa shape index (κ1) is 19.9. The van der Waals surface area contributed by atoms with Gasteiger partial charge in [0.15, 0.2) is 0 Å². The summed E-state index contributed by atoms with van der Waals surface area (Å²) >= 11 is 0. The summed E-state index contributed by atoms with van der Waals surface area (Å²) in [5, 5.41) is 12.5. The van der Waals surface area contributed by atoms with Crippen LogP contribution in [-0.4, -0.2) is 81.6 Å². The number of hydrogen-bond donors (Lipinski definition) is 2. The Morgan fingerprint density at radius 3 is 2.85 bits per heavy atom. The van der Waals surface area contributed by atoms with Crippen LogP contribution < -0.4 is 15.0 Å². The van der Waals surface area contributed by atoms with E-state index >= 15 is 0 Å². The van der Waals surface area contributed by atoms with Crippen LogP contribution in [0.3, 0.4) is 0 Å². The number of anilines is 1. The van der Waals surface area contributed by atoms with Crippen LogP contribution in [0.2, 0.25) is 0 Å². The first-order valence-corrected chi connectivity index (χ1v) is 9.86. The van der Waals surface area contributed by atoms with Crippen molar-refractivity contribution in [2.45, 2.75) is 25.3 Å². The smallest absolute Gasteiger partial charge is 0.251 e. The van der Waals surface area contributed by atoms with E-state index < -0.39 is 0 Å². The van der Waals surface area contributed by atoms with Crippen molar-refractivity contribution in [3.63, 3.8) is 0 Å². The minimum atomic E-state index is -0.0790. The normalized spacial score (nSPS) is 21.1. The lowest BCUT2D eigenvalue weighted by Gasteiger charge is -2.34. The summed E-state index contributed by atoms with van der Waals surface area (Å²) < 4.78 is 10.9. The number of likely N-dealkylation sites (tertiary alicyclic amines) is 1. The number of ether oxygens (including phenoxy) is 2. The largest absolute Gasteiger partial charge is 0.495 e. The van der Waals surface area contributed by atoms with E-state index in [0.717, 1.165) is 50.5 Å². The second-order valence-corrected chi connectivity index (χ2v) is 7.11. The zero-order chi connectivity index (χ0) is 19.1.